The van der Waals surface area contributed by atoms with Crippen LogP contribution in [-0.4, -0.2) is 30.5 Å². The van der Waals surface area contributed by atoms with Crippen molar-refractivity contribution in [1.29, 1.82) is 0 Å². The molecule has 3 aromatic heterocycles. The van der Waals surface area contributed by atoms with Crippen molar-refractivity contribution >= 4 is 22.6 Å². The topological polar surface area (TPSA) is 77.6 Å². The lowest BCUT2D eigenvalue weighted by atomic mass is 10.0. The Hall–Kier alpha value is -4.26. The first-order chi connectivity index (χ1) is 16.1. The molecule has 1 N–H and O–H groups in total. The largest absolute Gasteiger partial charge is 0.322 e. The number of aromatic nitrogens is 5. The number of rotatable bonds is 6. The Morgan fingerprint density at radius 2 is 1.79 bits per heavy atom. The van der Waals surface area contributed by atoms with Crippen LogP contribution in [-0.2, 0) is 17.9 Å². The number of carbonyl (C=O) groups is 1. The normalized spacial score (nSPS) is 11.1. The van der Waals surface area contributed by atoms with E-state index in [0.29, 0.717) is 17.9 Å². The molecule has 3 heterocycles. The van der Waals surface area contributed by atoms with Gasteiger partial charge in [0.25, 0.3) is 0 Å². The summed E-state index contributed by atoms with van der Waals surface area (Å²) in [5, 5.41) is 12.8. The maximum Gasteiger partial charge on any atom is 0.246 e. The molecule has 0 saturated heterocycles. The van der Waals surface area contributed by atoms with Gasteiger partial charge in [-0.25, -0.2) is 9.67 Å². The van der Waals surface area contributed by atoms with Gasteiger partial charge in [-0.05, 0) is 36.6 Å². The van der Waals surface area contributed by atoms with Gasteiger partial charge in [0.05, 0.1) is 24.1 Å². The molecular formula is C26H24N6O. The van der Waals surface area contributed by atoms with Gasteiger partial charge in [-0.1, -0.05) is 60.2 Å². The van der Waals surface area contributed by atoms with Crippen molar-refractivity contribution in [2.75, 3.05) is 5.32 Å². The summed E-state index contributed by atoms with van der Waals surface area (Å²) in [5.41, 5.74) is 6.71. The Kier molecular flexibility index (Phi) is 5.44. The molecule has 0 saturated carbocycles. The van der Waals surface area contributed by atoms with E-state index in [9.17, 15) is 4.79 Å². The summed E-state index contributed by atoms with van der Waals surface area (Å²) in [5.74, 6) is -0.179. The number of hydrogen-bond donors (Lipinski definition) is 1. The molecule has 5 rings (SSSR count). The fourth-order valence-electron chi connectivity index (χ4n) is 3.99. The van der Waals surface area contributed by atoms with Gasteiger partial charge >= 0.3 is 0 Å². The van der Waals surface area contributed by atoms with Crippen LogP contribution in [0.2, 0.25) is 0 Å². The lowest BCUT2D eigenvalue weighted by Crippen LogP contribution is -2.19. The number of amides is 1. The van der Waals surface area contributed by atoms with E-state index in [0.717, 1.165) is 27.8 Å². The van der Waals surface area contributed by atoms with Crippen LogP contribution >= 0.6 is 0 Å². The molecule has 5 aromatic rings. The van der Waals surface area contributed by atoms with Gasteiger partial charge in [-0.2, -0.15) is 10.2 Å². The van der Waals surface area contributed by atoms with Crippen molar-refractivity contribution in [1.82, 2.24) is 24.5 Å². The smallest absolute Gasteiger partial charge is 0.246 e. The number of benzene rings is 2. The maximum atomic E-state index is 12.8. The number of hydrogen-bond acceptors (Lipinski definition) is 4. The van der Waals surface area contributed by atoms with E-state index in [2.05, 4.69) is 51.7 Å². The molecular weight excluding hydrogens is 412 g/mol. The standard InChI is InChI=1S/C26H24N6O/c1-18-8-10-21(11-9-18)23-12-13-27-26-25(23)19(2)30-32(26)17-24(33)29-22-14-28-31(16-22)15-20-6-4-3-5-7-20/h3-14,16H,15,17H2,1-2H3,(H,29,33). The molecule has 0 atom stereocenters. The molecule has 164 valence electrons. The maximum absolute atomic E-state index is 12.8. The van der Waals surface area contributed by atoms with Gasteiger partial charge < -0.3 is 5.32 Å². The first-order valence-corrected chi connectivity index (χ1v) is 10.8. The SMILES string of the molecule is Cc1ccc(-c2ccnc3c2c(C)nn3CC(=O)Nc2cnn(Cc3ccccc3)c2)cc1. The summed E-state index contributed by atoms with van der Waals surface area (Å²) in [7, 11) is 0. The minimum atomic E-state index is -0.179. The summed E-state index contributed by atoms with van der Waals surface area (Å²) in [4.78, 5) is 17.3. The zero-order valence-electron chi connectivity index (χ0n) is 18.6. The highest BCUT2D eigenvalue weighted by Crippen LogP contribution is 2.30. The Labute approximate surface area is 191 Å². The number of carbonyl (C=O) groups excluding carboxylic acids is 1. The zero-order valence-corrected chi connectivity index (χ0v) is 18.6. The van der Waals surface area contributed by atoms with E-state index in [1.807, 2.05) is 49.5 Å². The summed E-state index contributed by atoms with van der Waals surface area (Å²) in [6.45, 7) is 4.73. The lowest BCUT2D eigenvalue weighted by molar-refractivity contribution is -0.116. The second-order valence-electron chi connectivity index (χ2n) is 8.13. The van der Waals surface area contributed by atoms with Gasteiger partial charge in [0, 0.05) is 17.8 Å². The first-order valence-electron chi connectivity index (χ1n) is 10.8. The first kappa shape index (κ1) is 20.6. The molecule has 0 bridgehead atoms. The van der Waals surface area contributed by atoms with Crippen molar-refractivity contribution in [3.05, 3.63) is 96.1 Å². The third-order valence-corrected chi connectivity index (χ3v) is 5.57. The molecule has 0 aliphatic carbocycles. The average Bonchev–Trinajstić information content (AvgIpc) is 3.38. The van der Waals surface area contributed by atoms with Gasteiger partial charge in [-0.3, -0.25) is 9.48 Å². The highest BCUT2D eigenvalue weighted by Gasteiger charge is 2.16. The Morgan fingerprint density at radius 3 is 2.58 bits per heavy atom. The Balaban J connectivity index is 1.34. The van der Waals surface area contributed by atoms with Gasteiger partial charge in [0.2, 0.25) is 5.91 Å². The molecule has 0 radical (unpaired) electrons. The highest BCUT2D eigenvalue weighted by molar-refractivity contribution is 5.96. The number of nitrogens with zero attached hydrogens (tertiary/aromatic N) is 5. The van der Waals surface area contributed by atoms with E-state index in [1.54, 1.807) is 21.8 Å². The monoisotopic (exact) mass is 436 g/mol. The molecule has 0 unspecified atom stereocenters. The summed E-state index contributed by atoms with van der Waals surface area (Å²) < 4.78 is 3.46. The quantitative estimate of drug-likeness (QED) is 0.422. The van der Waals surface area contributed by atoms with Crippen LogP contribution in [0.5, 0.6) is 0 Å². The highest BCUT2D eigenvalue weighted by atomic mass is 16.2. The number of anilines is 1. The molecule has 0 aliphatic rings. The van der Waals surface area contributed by atoms with E-state index < -0.39 is 0 Å². The second kappa shape index (κ2) is 8.70. The van der Waals surface area contributed by atoms with E-state index in [4.69, 9.17) is 0 Å². The average molecular weight is 437 g/mol. The Morgan fingerprint density at radius 1 is 1.00 bits per heavy atom. The van der Waals surface area contributed by atoms with Crippen LogP contribution in [0.1, 0.15) is 16.8 Å². The van der Waals surface area contributed by atoms with Gasteiger partial charge in [-0.15, -0.1) is 0 Å². The van der Waals surface area contributed by atoms with Crippen molar-refractivity contribution in [3.8, 4) is 11.1 Å². The van der Waals surface area contributed by atoms with E-state index in [-0.39, 0.29) is 12.5 Å². The molecule has 0 fully saturated rings. The summed E-state index contributed by atoms with van der Waals surface area (Å²) >= 11 is 0. The molecule has 2 aromatic carbocycles. The minimum Gasteiger partial charge on any atom is -0.322 e. The van der Waals surface area contributed by atoms with Crippen molar-refractivity contribution < 1.29 is 4.79 Å². The fraction of sp³-hybridized carbons (Fsp3) is 0.154. The third-order valence-electron chi connectivity index (χ3n) is 5.57. The predicted octanol–water partition coefficient (Wildman–Crippen LogP) is 4.60. The van der Waals surface area contributed by atoms with E-state index >= 15 is 0 Å². The van der Waals surface area contributed by atoms with Crippen LogP contribution in [0.3, 0.4) is 0 Å². The zero-order chi connectivity index (χ0) is 22.8. The van der Waals surface area contributed by atoms with Crippen LogP contribution in [0.25, 0.3) is 22.2 Å². The van der Waals surface area contributed by atoms with Gasteiger partial charge in [0.1, 0.15) is 6.54 Å². The molecule has 7 heteroatoms. The summed E-state index contributed by atoms with van der Waals surface area (Å²) in [6.07, 6.45) is 5.24. The van der Waals surface area contributed by atoms with Crippen molar-refractivity contribution in [2.24, 2.45) is 0 Å². The van der Waals surface area contributed by atoms with Gasteiger partial charge in [0.15, 0.2) is 5.65 Å². The van der Waals surface area contributed by atoms with Crippen LogP contribution in [0.4, 0.5) is 5.69 Å². The van der Waals surface area contributed by atoms with Crippen LogP contribution < -0.4 is 5.32 Å². The lowest BCUT2D eigenvalue weighted by Gasteiger charge is -2.06. The Bertz CT molecular complexity index is 1420. The number of aryl methyl sites for hydroxylation is 2. The molecule has 7 nitrogen and oxygen atoms in total. The van der Waals surface area contributed by atoms with Crippen molar-refractivity contribution in [3.63, 3.8) is 0 Å². The van der Waals surface area contributed by atoms with Crippen LogP contribution in [0.15, 0.2) is 79.3 Å². The molecule has 0 aliphatic heterocycles. The van der Waals surface area contributed by atoms with Crippen molar-refractivity contribution in [2.45, 2.75) is 26.9 Å². The molecule has 1 amide bonds. The third kappa shape index (κ3) is 4.39. The number of pyridine rings is 1. The van der Waals surface area contributed by atoms with E-state index in [1.165, 1.54) is 5.56 Å². The predicted molar refractivity (Wildman–Crippen MR) is 129 cm³/mol. The molecule has 33 heavy (non-hydrogen) atoms. The number of nitrogens with one attached hydrogen (secondary N) is 1. The minimum absolute atomic E-state index is 0.0680. The second-order valence-corrected chi connectivity index (χ2v) is 8.13. The summed E-state index contributed by atoms with van der Waals surface area (Å²) in [6, 6.07) is 20.4. The fourth-order valence-corrected chi connectivity index (χ4v) is 3.99. The number of fused-ring (bicyclic) bond motifs is 1. The molecule has 0 spiro atoms. The van der Waals surface area contributed by atoms with Crippen LogP contribution in [0, 0.1) is 13.8 Å².